The lowest BCUT2D eigenvalue weighted by Crippen LogP contribution is -2.23. The summed E-state index contributed by atoms with van der Waals surface area (Å²) in [4.78, 5) is 0. The average Bonchev–Trinajstić information content (AvgIpc) is 2.17. The predicted molar refractivity (Wildman–Crippen MR) is 52.5 cm³/mol. The van der Waals surface area contributed by atoms with E-state index in [0.29, 0.717) is 0 Å². The van der Waals surface area contributed by atoms with Crippen LogP contribution >= 0.6 is 0 Å². The zero-order valence-electron chi connectivity index (χ0n) is 7.88. The summed E-state index contributed by atoms with van der Waals surface area (Å²) >= 11 is 0. The van der Waals surface area contributed by atoms with Crippen LogP contribution in [-0.4, -0.2) is 11.7 Å². The number of nitrogens with one attached hydrogen (secondary N) is 1. The fourth-order valence-electron chi connectivity index (χ4n) is 1.76. The minimum absolute atomic E-state index is 0.347. The quantitative estimate of drug-likeness (QED) is 0.679. The Morgan fingerprint density at radius 3 is 3.00 bits per heavy atom. The molecule has 1 unspecified atom stereocenters. The van der Waals surface area contributed by atoms with E-state index in [-0.39, 0.29) is 6.10 Å². The lowest BCUT2D eigenvalue weighted by Gasteiger charge is -2.18. The van der Waals surface area contributed by atoms with Crippen LogP contribution in [0, 0.1) is 0 Å². The molecule has 2 heteroatoms. The third-order valence-electron chi connectivity index (χ3n) is 2.60. The molecule has 0 saturated heterocycles. The molecule has 70 valence electrons. The van der Waals surface area contributed by atoms with Crippen LogP contribution in [0.4, 0.5) is 0 Å². The second kappa shape index (κ2) is 3.48. The number of hydrogen-bond donors (Lipinski definition) is 2. The van der Waals surface area contributed by atoms with E-state index in [1.165, 1.54) is 11.1 Å². The van der Waals surface area contributed by atoms with E-state index >= 15 is 0 Å². The number of aliphatic hydroxyl groups excluding tert-OH is 1. The fraction of sp³-hybridized carbons (Fsp3) is 0.455. The largest absolute Gasteiger partial charge is 0.389 e. The van der Waals surface area contributed by atoms with Crippen LogP contribution in [0.3, 0.4) is 0 Å². The van der Waals surface area contributed by atoms with Gasteiger partial charge in [-0.2, -0.15) is 0 Å². The van der Waals surface area contributed by atoms with Crippen molar-refractivity contribution < 1.29 is 5.11 Å². The summed E-state index contributed by atoms with van der Waals surface area (Å²) < 4.78 is 0. The Kier molecular flexibility index (Phi) is 2.34. The van der Waals surface area contributed by atoms with Gasteiger partial charge in [0.05, 0.1) is 6.10 Å². The Labute approximate surface area is 78.6 Å². The maximum atomic E-state index is 9.41. The summed E-state index contributed by atoms with van der Waals surface area (Å²) in [5.74, 6) is 0. The summed E-state index contributed by atoms with van der Waals surface area (Å²) in [6.45, 7) is 3.83. The first-order valence-corrected chi connectivity index (χ1v) is 4.78. The Morgan fingerprint density at radius 2 is 2.23 bits per heavy atom. The van der Waals surface area contributed by atoms with Crippen LogP contribution in [0.1, 0.15) is 29.7 Å². The highest BCUT2D eigenvalue weighted by atomic mass is 16.3. The van der Waals surface area contributed by atoms with E-state index in [1.807, 2.05) is 13.0 Å². The molecule has 1 aromatic carbocycles. The van der Waals surface area contributed by atoms with Crippen molar-refractivity contribution in [1.82, 2.24) is 5.32 Å². The molecule has 0 aliphatic carbocycles. The molecule has 0 fully saturated rings. The normalized spacial score (nSPS) is 18.0. The number of aliphatic hydroxyl groups is 1. The summed E-state index contributed by atoms with van der Waals surface area (Å²) in [6, 6.07) is 6.25. The first-order chi connectivity index (χ1) is 6.27. The Morgan fingerprint density at radius 1 is 1.38 bits per heavy atom. The zero-order chi connectivity index (χ0) is 9.26. The average molecular weight is 177 g/mol. The molecule has 0 saturated carbocycles. The monoisotopic (exact) mass is 177 g/mol. The van der Waals surface area contributed by atoms with E-state index in [1.54, 1.807) is 0 Å². The molecule has 1 atom stereocenters. The molecule has 0 amide bonds. The smallest absolute Gasteiger partial charge is 0.0762 e. The summed E-state index contributed by atoms with van der Waals surface area (Å²) in [5.41, 5.74) is 3.79. The highest BCUT2D eigenvalue weighted by Gasteiger charge is 2.10. The zero-order valence-corrected chi connectivity index (χ0v) is 7.88. The van der Waals surface area contributed by atoms with Crippen LogP contribution in [0.15, 0.2) is 18.2 Å². The van der Waals surface area contributed by atoms with E-state index in [2.05, 4.69) is 17.4 Å². The van der Waals surface area contributed by atoms with Crippen molar-refractivity contribution >= 4 is 0 Å². The highest BCUT2D eigenvalue weighted by molar-refractivity contribution is 5.34. The van der Waals surface area contributed by atoms with Gasteiger partial charge >= 0.3 is 0 Å². The second-order valence-electron chi connectivity index (χ2n) is 3.63. The predicted octanol–water partition coefficient (Wildman–Crippen LogP) is 1.39. The van der Waals surface area contributed by atoms with Gasteiger partial charge in [-0.1, -0.05) is 18.2 Å². The number of hydrogen-bond acceptors (Lipinski definition) is 2. The molecule has 0 aromatic heterocycles. The molecular weight excluding hydrogens is 162 g/mol. The van der Waals surface area contributed by atoms with Gasteiger partial charge in [-0.25, -0.2) is 0 Å². The van der Waals surface area contributed by atoms with Crippen LogP contribution < -0.4 is 5.32 Å². The van der Waals surface area contributed by atoms with Gasteiger partial charge in [-0.15, -0.1) is 0 Å². The van der Waals surface area contributed by atoms with Crippen molar-refractivity contribution in [2.24, 2.45) is 0 Å². The molecule has 1 heterocycles. The minimum atomic E-state index is -0.347. The van der Waals surface area contributed by atoms with Crippen LogP contribution in [-0.2, 0) is 13.0 Å². The first-order valence-electron chi connectivity index (χ1n) is 4.78. The fourth-order valence-corrected chi connectivity index (χ4v) is 1.76. The molecule has 2 nitrogen and oxygen atoms in total. The molecule has 13 heavy (non-hydrogen) atoms. The van der Waals surface area contributed by atoms with Crippen LogP contribution in [0.2, 0.25) is 0 Å². The van der Waals surface area contributed by atoms with Gasteiger partial charge in [0.25, 0.3) is 0 Å². The standard InChI is InChI=1S/C11H15NO/c1-8(13)9-2-3-11-7-12-5-4-10(11)6-9/h2-3,6,8,12-13H,4-5,7H2,1H3. The topological polar surface area (TPSA) is 32.3 Å². The van der Waals surface area contributed by atoms with Gasteiger partial charge in [0.2, 0.25) is 0 Å². The minimum Gasteiger partial charge on any atom is -0.389 e. The molecule has 2 N–H and O–H groups in total. The van der Waals surface area contributed by atoms with Crippen molar-refractivity contribution in [2.75, 3.05) is 6.54 Å². The van der Waals surface area contributed by atoms with Gasteiger partial charge in [0.15, 0.2) is 0 Å². The molecule has 1 aliphatic rings. The maximum absolute atomic E-state index is 9.41. The van der Waals surface area contributed by atoms with Crippen molar-refractivity contribution in [2.45, 2.75) is 26.0 Å². The van der Waals surface area contributed by atoms with E-state index in [9.17, 15) is 5.11 Å². The van der Waals surface area contributed by atoms with Crippen molar-refractivity contribution in [1.29, 1.82) is 0 Å². The van der Waals surface area contributed by atoms with Gasteiger partial charge in [0, 0.05) is 6.54 Å². The molecule has 0 bridgehead atoms. The SMILES string of the molecule is CC(O)c1ccc2c(c1)CCNC2. The van der Waals surface area contributed by atoms with Crippen LogP contribution in [0.5, 0.6) is 0 Å². The third-order valence-corrected chi connectivity index (χ3v) is 2.60. The Balaban J connectivity index is 2.35. The van der Waals surface area contributed by atoms with E-state index in [0.717, 1.165) is 25.1 Å². The molecular formula is C11H15NO. The van der Waals surface area contributed by atoms with Crippen molar-refractivity contribution in [3.05, 3.63) is 34.9 Å². The highest BCUT2D eigenvalue weighted by Crippen LogP contribution is 2.19. The first kappa shape index (κ1) is 8.73. The molecule has 2 rings (SSSR count). The number of fused-ring (bicyclic) bond motifs is 1. The van der Waals surface area contributed by atoms with Gasteiger partial charge in [-0.05, 0) is 36.6 Å². The van der Waals surface area contributed by atoms with Gasteiger partial charge in [-0.3, -0.25) is 0 Å². The summed E-state index contributed by atoms with van der Waals surface area (Å²) in [6.07, 6.45) is 0.732. The lowest BCUT2D eigenvalue weighted by atomic mass is 9.97. The summed E-state index contributed by atoms with van der Waals surface area (Å²) in [7, 11) is 0. The second-order valence-corrected chi connectivity index (χ2v) is 3.63. The van der Waals surface area contributed by atoms with Crippen molar-refractivity contribution in [3.63, 3.8) is 0 Å². The number of benzene rings is 1. The van der Waals surface area contributed by atoms with Gasteiger partial charge in [0.1, 0.15) is 0 Å². The molecule has 0 spiro atoms. The number of rotatable bonds is 1. The molecule has 0 radical (unpaired) electrons. The van der Waals surface area contributed by atoms with Gasteiger partial charge < -0.3 is 10.4 Å². The van der Waals surface area contributed by atoms with E-state index in [4.69, 9.17) is 0 Å². The Hall–Kier alpha value is -0.860. The van der Waals surface area contributed by atoms with Crippen LogP contribution in [0.25, 0.3) is 0 Å². The summed E-state index contributed by atoms with van der Waals surface area (Å²) in [5, 5.41) is 12.7. The Bertz CT molecular complexity index is 307. The van der Waals surface area contributed by atoms with Crippen molar-refractivity contribution in [3.8, 4) is 0 Å². The maximum Gasteiger partial charge on any atom is 0.0762 e. The third kappa shape index (κ3) is 1.74. The van der Waals surface area contributed by atoms with E-state index < -0.39 is 0 Å². The lowest BCUT2D eigenvalue weighted by molar-refractivity contribution is 0.199. The molecule has 1 aromatic rings. The molecule has 1 aliphatic heterocycles.